The molecular formula is C20H18F3NO4S. The van der Waals surface area contributed by atoms with E-state index < -0.39 is 39.1 Å². The Morgan fingerprint density at radius 1 is 1.03 bits per heavy atom. The van der Waals surface area contributed by atoms with Gasteiger partial charge in [-0.1, -0.05) is 36.4 Å². The van der Waals surface area contributed by atoms with E-state index in [9.17, 15) is 26.4 Å². The summed E-state index contributed by atoms with van der Waals surface area (Å²) in [4.78, 5) is 12.1. The van der Waals surface area contributed by atoms with Gasteiger partial charge in [-0.3, -0.25) is 0 Å². The van der Waals surface area contributed by atoms with Gasteiger partial charge in [-0.25, -0.2) is 17.5 Å². The first-order valence-electron chi connectivity index (χ1n) is 9.08. The second-order valence-corrected chi connectivity index (χ2v) is 9.25. The number of hydrogen-bond donors (Lipinski definition) is 0. The lowest BCUT2D eigenvalue weighted by atomic mass is 9.84. The second kappa shape index (κ2) is 6.84. The molecule has 0 saturated carbocycles. The molecule has 0 N–H and O–H groups in total. The maximum Gasteiger partial charge on any atom is 0.416 e. The Labute approximate surface area is 166 Å². The predicted molar refractivity (Wildman–Crippen MR) is 98.4 cm³/mol. The van der Waals surface area contributed by atoms with Crippen LogP contribution in [0.4, 0.5) is 13.2 Å². The molecule has 0 unspecified atom stereocenters. The van der Waals surface area contributed by atoms with Crippen molar-refractivity contribution in [2.45, 2.75) is 30.4 Å². The van der Waals surface area contributed by atoms with Crippen LogP contribution in [0.5, 0.6) is 0 Å². The Bertz CT molecular complexity index is 1060. The number of halogens is 3. The van der Waals surface area contributed by atoms with E-state index in [0.717, 1.165) is 17.7 Å². The van der Waals surface area contributed by atoms with Crippen LogP contribution < -0.4 is 0 Å². The molecule has 2 aliphatic heterocycles. The van der Waals surface area contributed by atoms with Gasteiger partial charge < -0.3 is 4.74 Å². The Balaban J connectivity index is 1.50. The molecule has 5 nitrogen and oxygen atoms in total. The van der Waals surface area contributed by atoms with Crippen molar-refractivity contribution in [1.82, 2.24) is 4.31 Å². The standard InChI is InChI=1S/C20H18F3NO4S/c21-20(22,23)15-5-3-4-14(12-15)13-29(26,27)24-10-8-19(9-11-24)17-7-2-1-6-16(17)18(25)28-19/h1-7,12H,8-11,13H2. The van der Waals surface area contributed by atoms with E-state index >= 15 is 0 Å². The average Bonchev–Trinajstić information content (AvgIpc) is 2.93. The van der Waals surface area contributed by atoms with Crippen LogP contribution in [0.25, 0.3) is 0 Å². The Hall–Kier alpha value is -2.39. The Morgan fingerprint density at radius 3 is 2.41 bits per heavy atom. The van der Waals surface area contributed by atoms with E-state index in [1.165, 1.54) is 16.4 Å². The predicted octanol–water partition coefficient (Wildman–Crippen LogP) is 3.70. The van der Waals surface area contributed by atoms with Gasteiger partial charge in [-0.2, -0.15) is 13.2 Å². The fourth-order valence-corrected chi connectivity index (χ4v) is 5.50. The summed E-state index contributed by atoms with van der Waals surface area (Å²) < 4.78 is 71.0. The van der Waals surface area contributed by atoms with Crippen molar-refractivity contribution in [3.05, 3.63) is 70.8 Å². The molecule has 4 rings (SSSR count). The van der Waals surface area contributed by atoms with Gasteiger partial charge in [0.05, 0.1) is 16.9 Å². The molecule has 1 spiro atoms. The minimum atomic E-state index is -4.53. The van der Waals surface area contributed by atoms with Crippen molar-refractivity contribution in [1.29, 1.82) is 0 Å². The van der Waals surface area contributed by atoms with Crippen LogP contribution in [0.2, 0.25) is 0 Å². The maximum atomic E-state index is 12.9. The van der Waals surface area contributed by atoms with Crippen LogP contribution in [-0.4, -0.2) is 31.8 Å². The quantitative estimate of drug-likeness (QED) is 0.704. The highest BCUT2D eigenvalue weighted by atomic mass is 32.2. The molecule has 1 fully saturated rings. The summed E-state index contributed by atoms with van der Waals surface area (Å²) in [6.07, 6.45) is -3.92. The van der Waals surface area contributed by atoms with E-state index in [2.05, 4.69) is 0 Å². The number of carbonyl (C=O) groups excluding carboxylic acids is 1. The number of alkyl halides is 3. The SMILES string of the molecule is O=C1OC2(CCN(S(=O)(=O)Cc3cccc(C(F)(F)F)c3)CC2)c2ccccc21. The molecule has 2 heterocycles. The van der Waals surface area contributed by atoms with Crippen molar-refractivity contribution >= 4 is 16.0 Å². The van der Waals surface area contributed by atoms with Crippen molar-refractivity contribution in [3.63, 3.8) is 0 Å². The summed E-state index contributed by atoms with van der Waals surface area (Å²) in [7, 11) is -3.81. The minimum Gasteiger partial charge on any atom is -0.450 e. The molecule has 9 heteroatoms. The van der Waals surface area contributed by atoms with E-state index in [-0.39, 0.29) is 18.7 Å². The van der Waals surface area contributed by atoms with Crippen LogP contribution in [-0.2, 0) is 32.3 Å². The van der Waals surface area contributed by atoms with Crippen molar-refractivity contribution in [3.8, 4) is 0 Å². The topological polar surface area (TPSA) is 63.7 Å². The van der Waals surface area contributed by atoms with Crippen molar-refractivity contribution < 1.29 is 31.1 Å². The highest BCUT2D eigenvalue weighted by Crippen LogP contribution is 2.44. The maximum absolute atomic E-state index is 12.9. The molecule has 0 atom stereocenters. The lowest BCUT2D eigenvalue weighted by molar-refractivity contribution is -0.137. The van der Waals surface area contributed by atoms with Crippen LogP contribution >= 0.6 is 0 Å². The highest BCUT2D eigenvalue weighted by molar-refractivity contribution is 7.88. The number of esters is 1. The number of sulfonamides is 1. The van der Waals surface area contributed by atoms with Gasteiger partial charge in [0.2, 0.25) is 10.0 Å². The number of carbonyl (C=O) groups is 1. The first kappa shape index (κ1) is 19.9. The fourth-order valence-electron chi connectivity index (χ4n) is 3.98. The van der Waals surface area contributed by atoms with Crippen LogP contribution in [0.15, 0.2) is 48.5 Å². The fraction of sp³-hybridized carbons (Fsp3) is 0.350. The van der Waals surface area contributed by atoms with Crippen molar-refractivity contribution in [2.75, 3.05) is 13.1 Å². The molecule has 0 radical (unpaired) electrons. The van der Waals surface area contributed by atoms with Gasteiger partial charge in [-0.05, 0) is 17.7 Å². The van der Waals surface area contributed by atoms with Gasteiger partial charge >= 0.3 is 12.1 Å². The monoisotopic (exact) mass is 425 g/mol. The first-order chi connectivity index (χ1) is 13.6. The molecule has 0 aliphatic carbocycles. The summed E-state index contributed by atoms with van der Waals surface area (Å²) in [6.45, 7) is 0.256. The van der Waals surface area contributed by atoms with E-state index in [1.54, 1.807) is 18.2 Å². The number of hydrogen-bond acceptors (Lipinski definition) is 4. The van der Waals surface area contributed by atoms with E-state index in [0.29, 0.717) is 18.4 Å². The lowest BCUT2D eigenvalue weighted by Crippen LogP contribution is -2.45. The Kier molecular flexibility index (Phi) is 4.70. The van der Waals surface area contributed by atoms with Gasteiger partial charge in [0, 0.05) is 31.5 Å². The average molecular weight is 425 g/mol. The summed E-state index contributed by atoms with van der Waals surface area (Å²) >= 11 is 0. The highest BCUT2D eigenvalue weighted by Gasteiger charge is 2.48. The van der Waals surface area contributed by atoms with E-state index in [1.807, 2.05) is 6.07 Å². The molecule has 154 valence electrons. The molecule has 2 aromatic carbocycles. The van der Waals surface area contributed by atoms with Crippen LogP contribution in [0.1, 0.15) is 39.9 Å². The molecule has 0 aromatic heterocycles. The number of fused-ring (bicyclic) bond motifs is 2. The Morgan fingerprint density at radius 2 is 1.72 bits per heavy atom. The van der Waals surface area contributed by atoms with Gasteiger partial charge in [0.1, 0.15) is 5.60 Å². The summed E-state index contributed by atoms with van der Waals surface area (Å²) in [6, 6.07) is 11.4. The van der Waals surface area contributed by atoms with Crippen LogP contribution in [0.3, 0.4) is 0 Å². The lowest BCUT2D eigenvalue weighted by Gasteiger charge is -2.37. The number of benzene rings is 2. The molecular weight excluding hydrogens is 407 g/mol. The molecule has 2 aromatic rings. The largest absolute Gasteiger partial charge is 0.450 e. The van der Waals surface area contributed by atoms with Crippen molar-refractivity contribution in [2.24, 2.45) is 0 Å². The zero-order chi connectivity index (χ0) is 20.9. The summed E-state index contributed by atoms with van der Waals surface area (Å²) in [5, 5.41) is 0. The zero-order valence-electron chi connectivity index (χ0n) is 15.3. The van der Waals surface area contributed by atoms with Gasteiger partial charge in [0.25, 0.3) is 0 Å². The molecule has 0 amide bonds. The first-order valence-corrected chi connectivity index (χ1v) is 10.7. The van der Waals surface area contributed by atoms with Gasteiger partial charge in [-0.15, -0.1) is 0 Å². The van der Waals surface area contributed by atoms with E-state index in [4.69, 9.17) is 4.74 Å². The molecule has 0 bridgehead atoms. The minimum absolute atomic E-state index is 0.0813. The summed E-state index contributed by atoms with van der Waals surface area (Å²) in [5.41, 5.74) is -0.377. The number of rotatable bonds is 3. The third-order valence-electron chi connectivity index (χ3n) is 5.45. The summed E-state index contributed by atoms with van der Waals surface area (Å²) in [5.74, 6) is -0.929. The zero-order valence-corrected chi connectivity index (χ0v) is 16.1. The second-order valence-electron chi connectivity index (χ2n) is 7.28. The number of nitrogens with zero attached hydrogens (tertiary/aromatic N) is 1. The number of ether oxygens (including phenoxy) is 1. The molecule has 2 aliphatic rings. The third-order valence-corrected chi connectivity index (χ3v) is 7.30. The molecule has 1 saturated heterocycles. The van der Waals surface area contributed by atoms with Crippen LogP contribution in [0, 0.1) is 0 Å². The third kappa shape index (κ3) is 3.64. The smallest absolute Gasteiger partial charge is 0.416 e. The molecule has 29 heavy (non-hydrogen) atoms. The normalized spacial score (nSPS) is 19.2. The van der Waals surface area contributed by atoms with Gasteiger partial charge in [0.15, 0.2) is 0 Å². The number of piperidine rings is 1.